The molecule has 3 unspecified atom stereocenters. The van der Waals surface area contributed by atoms with Crippen molar-refractivity contribution in [2.24, 2.45) is 0 Å². The summed E-state index contributed by atoms with van der Waals surface area (Å²) in [6.45, 7) is 6.16. The molecule has 2 aromatic heterocycles. The molecule has 3 atom stereocenters. The molecule has 186 valence electrons. The number of benzene rings is 1. The van der Waals surface area contributed by atoms with Crippen molar-refractivity contribution in [3.05, 3.63) is 70.2 Å². The first-order valence-electron chi connectivity index (χ1n) is 11.8. The number of aliphatic hydroxyl groups is 1. The number of carbonyl (C=O) groups excluding carboxylic acids is 1. The number of carbonyl (C=O) groups is 1. The molecule has 10 heteroatoms. The van der Waals surface area contributed by atoms with Gasteiger partial charge in [-0.15, -0.1) is 0 Å². The van der Waals surface area contributed by atoms with Crippen molar-refractivity contribution in [2.45, 2.75) is 45.2 Å². The highest BCUT2D eigenvalue weighted by Gasteiger charge is 2.33. The molecule has 0 amide bonds. The van der Waals surface area contributed by atoms with Gasteiger partial charge in [-0.2, -0.15) is 10.4 Å². The number of nitrogens with one attached hydrogen (secondary N) is 1. The fraction of sp³-hybridized carbons (Fsp3) is 0.385. The first-order chi connectivity index (χ1) is 17.4. The molecule has 0 spiro atoms. The maximum Gasteiger partial charge on any atom is 0.338 e. The van der Waals surface area contributed by atoms with Crippen molar-refractivity contribution in [3.63, 3.8) is 0 Å². The standard InChI is InChI=1S/C26H28N6O4/c1-15-19(4-5-20-21(15)14-36-26(20)34)23-13-31(12-22(30-23)16(2)33)10-17-8-29-32(11-17)25-6-24(35-3)18(7-27)9-28-25/h4-6,8-9,11,16,22-23,30,33H,10,12-14H2,1-3H3. The molecule has 10 nitrogen and oxygen atoms in total. The van der Waals surface area contributed by atoms with Crippen molar-refractivity contribution in [2.75, 3.05) is 20.2 Å². The fourth-order valence-corrected chi connectivity index (χ4v) is 4.96. The third-order valence-corrected chi connectivity index (χ3v) is 6.95. The van der Waals surface area contributed by atoms with Gasteiger partial charge in [-0.05, 0) is 31.0 Å². The Hall–Kier alpha value is -3.78. The normalized spacial score (nSPS) is 20.5. The second-order valence-corrected chi connectivity index (χ2v) is 9.29. The van der Waals surface area contributed by atoms with Gasteiger partial charge in [0.15, 0.2) is 5.82 Å². The van der Waals surface area contributed by atoms with Crippen LogP contribution in [-0.4, -0.2) is 63.1 Å². The van der Waals surface area contributed by atoms with Gasteiger partial charge >= 0.3 is 5.97 Å². The monoisotopic (exact) mass is 488 g/mol. The van der Waals surface area contributed by atoms with E-state index in [0.717, 1.165) is 28.8 Å². The van der Waals surface area contributed by atoms with Gasteiger partial charge in [0, 0.05) is 55.1 Å². The number of ether oxygens (including phenoxy) is 2. The van der Waals surface area contributed by atoms with Crippen molar-refractivity contribution in [1.82, 2.24) is 25.0 Å². The summed E-state index contributed by atoms with van der Waals surface area (Å²) >= 11 is 0. The summed E-state index contributed by atoms with van der Waals surface area (Å²) in [6.07, 6.45) is 4.64. The van der Waals surface area contributed by atoms with Crippen molar-refractivity contribution in [1.29, 1.82) is 5.26 Å². The summed E-state index contributed by atoms with van der Waals surface area (Å²) < 4.78 is 12.2. The van der Waals surface area contributed by atoms with Crippen molar-refractivity contribution in [3.8, 4) is 17.6 Å². The molecule has 2 N–H and O–H groups in total. The maximum absolute atomic E-state index is 12.0. The van der Waals surface area contributed by atoms with Crippen molar-refractivity contribution >= 4 is 5.97 Å². The minimum atomic E-state index is -0.534. The van der Waals surface area contributed by atoms with Gasteiger partial charge in [-0.1, -0.05) is 6.07 Å². The number of piperazine rings is 1. The average molecular weight is 489 g/mol. The number of hydrogen-bond acceptors (Lipinski definition) is 9. The lowest BCUT2D eigenvalue weighted by molar-refractivity contribution is 0.0534. The Bertz CT molecular complexity index is 1340. The van der Waals surface area contributed by atoms with Crippen LogP contribution in [-0.2, 0) is 17.9 Å². The van der Waals surface area contributed by atoms with E-state index in [9.17, 15) is 15.2 Å². The van der Waals surface area contributed by atoms with E-state index in [1.54, 1.807) is 23.9 Å². The number of esters is 1. The highest BCUT2D eigenvalue weighted by atomic mass is 16.5. The molecule has 0 radical (unpaired) electrons. The number of hydrogen-bond donors (Lipinski definition) is 2. The van der Waals surface area contributed by atoms with Gasteiger partial charge < -0.3 is 19.9 Å². The van der Waals surface area contributed by atoms with E-state index in [1.807, 2.05) is 25.3 Å². The molecular weight excluding hydrogens is 460 g/mol. The number of rotatable bonds is 6. The molecule has 1 aromatic carbocycles. The summed E-state index contributed by atoms with van der Waals surface area (Å²) in [7, 11) is 1.52. The molecule has 36 heavy (non-hydrogen) atoms. The molecule has 2 aliphatic heterocycles. The molecule has 0 saturated carbocycles. The zero-order valence-electron chi connectivity index (χ0n) is 20.4. The topological polar surface area (TPSA) is 126 Å². The van der Waals surface area contributed by atoms with Gasteiger partial charge in [0.25, 0.3) is 0 Å². The van der Waals surface area contributed by atoms with Crippen LogP contribution in [0.3, 0.4) is 0 Å². The van der Waals surface area contributed by atoms with Crippen LogP contribution in [0.1, 0.15) is 51.1 Å². The quantitative estimate of drug-likeness (QED) is 0.501. The van der Waals surface area contributed by atoms with Crippen LogP contribution in [0.5, 0.6) is 5.75 Å². The zero-order chi connectivity index (χ0) is 25.4. The predicted molar refractivity (Wildman–Crippen MR) is 130 cm³/mol. The Labute approximate surface area is 209 Å². The molecule has 1 saturated heterocycles. The number of aromatic nitrogens is 3. The number of pyridine rings is 1. The first kappa shape index (κ1) is 23.9. The van der Waals surface area contributed by atoms with E-state index < -0.39 is 6.10 Å². The highest BCUT2D eigenvalue weighted by Crippen LogP contribution is 2.31. The van der Waals surface area contributed by atoms with Crippen LogP contribution in [0, 0.1) is 18.3 Å². The predicted octanol–water partition coefficient (Wildman–Crippen LogP) is 2.02. The minimum Gasteiger partial charge on any atom is -0.495 e. The van der Waals surface area contributed by atoms with Gasteiger partial charge in [-0.25, -0.2) is 14.5 Å². The maximum atomic E-state index is 12.0. The third kappa shape index (κ3) is 4.44. The first-order valence-corrected chi connectivity index (χ1v) is 11.8. The Balaban J connectivity index is 1.37. The van der Waals surface area contributed by atoms with E-state index >= 15 is 0 Å². The van der Waals surface area contributed by atoms with E-state index in [4.69, 9.17) is 9.47 Å². The lowest BCUT2D eigenvalue weighted by Crippen LogP contribution is -2.56. The second-order valence-electron chi connectivity index (χ2n) is 9.29. The molecule has 4 heterocycles. The minimum absolute atomic E-state index is 0.0150. The Morgan fingerprint density at radius 2 is 2.19 bits per heavy atom. The summed E-state index contributed by atoms with van der Waals surface area (Å²) in [5.41, 5.74) is 5.09. The lowest BCUT2D eigenvalue weighted by atomic mass is 9.91. The van der Waals surface area contributed by atoms with Crippen LogP contribution < -0.4 is 10.1 Å². The Kier molecular flexibility index (Phi) is 6.45. The van der Waals surface area contributed by atoms with Crippen LogP contribution >= 0.6 is 0 Å². The van der Waals surface area contributed by atoms with Gasteiger partial charge in [0.1, 0.15) is 24.0 Å². The molecular formula is C26H28N6O4. The van der Waals surface area contributed by atoms with Crippen molar-refractivity contribution < 1.29 is 19.4 Å². The summed E-state index contributed by atoms with van der Waals surface area (Å²) in [5.74, 6) is 0.731. The van der Waals surface area contributed by atoms with Crippen LogP contribution in [0.4, 0.5) is 0 Å². The van der Waals surface area contributed by atoms with Gasteiger partial charge in [-0.3, -0.25) is 4.90 Å². The third-order valence-electron chi connectivity index (χ3n) is 6.95. The molecule has 0 aliphatic carbocycles. The zero-order valence-corrected chi connectivity index (χ0v) is 20.4. The number of nitrogens with zero attached hydrogens (tertiary/aromatic N) is 5. The number of cyclic esters (lactones) is 1. The van der Waals surface area contributed by atoms with Crippen LogP contribution in [0.25, 0.3) is 5.82 Å². The Morgan fingerprint density at radius 3 is 2.94 bits per heavy atom. The molecule has 5 rings (SSSR count). The largest absolute Gasteiger partial charge is 0.495 e. The Morgan fingerprint density at radius 1 is 1.36 bits per heavy atom. The average Bonchev–Trinajstić information content (AvgIpc) is 3.50. The van der Waals surface area contributed by atoms with Crippen LogP contribution in [0.15, 0.2) is 36.8 Å². The van der Waals surface area contributed by atoms with Gasteiger partial charge in [0.05, 0.1) is 31.2 Å². The molecule has 3 aromatic rings. The number of nitriles is 1. The summed E-state index contributed by atoms with van der Waals surface area (Å²) in [4.78, 5) is 18.6. The number of fused-ring (bicyclic) bond motifs is 1. The van der Waals surface area contributed by atoms with Gasteiger partial charge in [0.2, 0.25) is 0 Å². The molecule has 0 bridgehead atoms. The SMILES string of the molecule is COc1cc(-n2cc(CN3CC(c4ccc5c(c4C)COC5=O)NC(C(C)O)C3)cn2)ncc1C#N. The summed E-state index contributed by atoms with van der Waals surface area (Å²) in [6, 6.07) is 7.44. The van der Waals surface area contributed by atoms with E-state index in [-0.39, 0.29) is 18.1 Å². The number of aliphatic hydroxyl groups excluding tert-OH is 1. The fourth-order valence-electron chi connectivity index (χ4n) is 4.96. The molecule has 2 aliphatic rings. The van der Waals surface area contributed by atoms with E-state index in [2.05, 4.69) is 26.4 Å². The molecule has 1 fully saturated rings. The highest BCUT2D eigenvalue weighted by molar-refractivity contribution is 5.94. The smallest absolute Gasteiger partial charge is 0.338 e. The van der Waals surface area contributed by atoms with Crippen LogP contribution in [0.2, 0.25) is 0 Å². The number of methoxy groups -OCH3 is 1. The van der Waals surface area contributed by atoms with E-state index in [1.165, 1.54) is 13.3 Å². The lowest BCUT2D eigenvalue weighted by Gasteiger charge is -2.40. The summed E-state index contributed by atoms with van der Waals surface area (Å²) in [5, 5.41) is 27.7. The van der Waals surface area contributed by atoms with E-state index in [0.29, 0.717) is 42.4 Å². The second kappa shape index (κ2) is 9.70.